The fraction of sp³-hybridized carbons (Fsp3) is 0.643. The summed E-state index contributed by atoms with van der Waals surface area (Å²) in [6.45, 7) is 4.49. The minimum atomic E-state index is -0.668. The molecule has 0 radical (unpaired) electrons. The summed E-state index contributed by atoms with van der Waals surface area (Å²) in [6, 6.07) is 3.61. The molecule has 0 N–H and O–H groups in total. The first kappa shape index (κ1) is 23.2. The van der Waals surface area contributed by atoms with E-state index in [4.69, 9.17) is 0 Å². The third kappa shape index (κ3) is 6.28. The molecule has 0 aliphatic heterocycles. The van der Waals surface area contributed by atoms with Crippen LogP contribution in [-0.4, -0.2) is 0 Å². The molecule has 0 saturated heterocycles. The molecule has 0 heterocycles. The van der Waals surface area contributed by atoms with E-state index in [1.165, 1.54) is 50.5 Å². The Hall–Kier alpha value is -1.44. The van der Waals surface area contributed by atoms with Gasteiger partial charge in [0.15, 0.2) is 11.6 Å². The van der Waals surface area contributed by atoms with Gasteiger partial charge in [-0.05, 0) is 81.1 Å². The van der Waals surface area contributed by atoms with Gasteiger partial charge in [0.05, 0.1) is 0 Å². The predicted octanol–water partition coefficient (Wildman–Crippen LogP) is 9.36. The molecule has 2 heteroatoms. The Balaban J connectivity index is 1.52. The van der Waals surface area contributed by atoms with E-state index < -0.39 is 11.6 Å². The molecular weight excluding hydrogens is 374 g/mol. The molecule has 1 atom stereocenters. The number of hydrogen-bond acceptors (Lipinski definition) is 0. The fourth-order valence-electron chi connectivity index (χ4n) is 5.51. The van der Waals surface area contributed by atoms with Crippen molar-refractivity contribution in [1.82, 2.24) is 0 Å². The Morgan fingerprint density at radius 3 is 2.30 bits per heavy atom. The molecule has 166 valence electrons. The first-order chi connectivity index (χ1) is 14.6. The standard InChI is InChI=1S/C28H40F2/c1-3-7-21-11-13-23(14-12-21)9-5-6-10-25-19-20-26(28(30)27(25)29)24-17-15-22(8-4-2)16-18-24/h6,10,13,19-22,24H,3-5,7-9,11-12,14-18H2,1-2H3/b10-6+. The highest BCUT2D eigenvalue weighted by atomic mass is 19.2. The van der Waals surface area contributed by atoms with E-state index in [9.17, 15) is 8.78 Å². The average Bonchev–Trinajstić information content (AvgIpc) is 2.76. The molecule has 3 rings (SSSR count). The van der Waals surface area contributed by atoms with Gasteiger partial charge in [0.25, 0.3) is 0 Å². The van der Waals surface area contributed by atoms with Gasteiger partial charge in [-0.2, -0.15) is 0 Å². The largest absolute Gasteiger partial charge is 0.203 e. The molecule has 0 bridgehead atoms. The molecule has 1 unspecified atom stereocenters. The predicted molar refractivity (Wildman–Crippen MR) is 125 cm³/mol. The van der Waals surface area contributed by atoms with E-state index in [-0.39, 0.29) is 5.92 Å². The third-order valence-electron chi connectivity index (χ3n) is 7.37. The molecular formula is C28H40F2. The Labute approximate surface area is 182 Å². The maximum atomic E-state index is 14.8. The van der Waals surface area contributed by atoms with Gasteiger partial charge < -0.3 is 0 Å². The number of halogens is 2. The first-order valence-electron chi connectivity index (χ1n) is 12.4. The van der Waals surface area contributed by atoms with Crippen LogP contribution in [0.25, 0.3) is 6.08 Å². The van der Waals surface area contributed by atoms with Crippen LogP contribution in [0.2, 0.25) is 0 Å². The molecule has 1 aromatic carbocycles. The molecule has 2 aliphatic carbocycles. The van der Waals surface area contributed by atoms with Gasteiger partial charge in [0.2, 0.25) is 0 Å². The average molecular weight is 415 g/mol. The van der Waals surface area contributed by atoms with Crippen LogP contribution in [0, 0.1) is 23.5 Å². The lowest BCUT2D eigenvalue weighted by Gasteiger charge is -2.29. The summed E-state index contributed by atoms with van der Waals surface area (Å²) in [7, 11) is 0. The van der Waals surface area contributed by atoms with Crippen LogP contribution in [0.3, 0.4) is 0 Å². The summed E-state index contributed by atoms with van der Waals surface area (Å²) >= 11 is 0. The lowest BCUT2D eigenvalue weighted by Crippen LogP contribution is -2.15. The van der Waals surface area contributed by atoms with Crippen molar-refractivity contribution in [1.29, 1.82) is 0 Å². The number of benzene rings is 1. The molecule has 1 aromatic rings. The molecule has 0 spiro atoms. The van der Waals surface area contributed by atoms with Gasteiger partial charge in [-0.25, -0.2) is 8.78 Å². The highest BCUT2D eigenvalue weighted by Crippen LogP contribution is 2.39. The minimum Gasteiger partial charge on any atom is -0.203 e. The van der Waals surface area contributed by atoms with Crippen molar-refractivity contribution in [3.63, 3.8) is 0 Å². The van der Waals surface area contributed by atoms with Crippen molar-refractivity contribution < 1.29 is 8.78 Å². The van der Waals surface area contributed by atoms with Crippen LogP contribution in [0.4, 0.5) is 8.78 Å². The number of hydrogen-bond donors (Lipinski definition) is 0. The second-order valence-electron chi connectivity index (χ2n) is 9.61. The molecule has 0 amide bonds. The van der Waals surface area contributed by atoms with Crippen molar-refractivity contribution >= 4 is 6.08 Å². The van der Waals surface area contributed by atoms with Gasteiger partial charge in [0.1, 0.15) is 0 Å². The Morgan fingerprint density at radius 1 is 0.900 bits per heavy atom. The Bertz CT molecular complexity index is 722. The second-order valence-corrected chi connectivity index (χ2v) is 9.61. The summed E-state index contributed by atoms with van der Waals surface area (Å²) in [5.74, 6) is 0.539. The fourth-order valence-corrected chi connectivity index (χ4v) is 5.51. The SMILES string of the molecule is CCCC1CC=C(CC/C=C/c2ccc(C3CCC(CCC)CC3)c(F)c2F)CC1. The van der Waals surface area contributed by atoms with E-state index in [1.54, 1.807) is 12.1 Å². The van der Waals surface area contributed by atoms with E-state index in [0.717, 1.165) is 50.4 Å². The number of allylic oxidation sites excluding steroid dienone is 3. The zero-order valence-corrected chi connectivity index (χ0v) is 19.1. The Kier molecular flexibility index (Phi) is 9.15. The van der Waals surface area contributed by atoms with Crippen LogP contribution in [0.1, 0.15) is 114 Å². The van der Waals surface area contributed by atoms with Gasteiger partial charge >= 0.3 is 0 Å². The topological polar surface area (TPSA) is 0 Å². The first-order valence-corrected chi connectivity index (χ1v) is 12.4. The highest BCUT2D eigenvalue weighted by Gasteiger charge is 2.25. The summed E-state index contributed by atoms with van der Waals surface area (Å²) in [5.41, 5.74) is 2.51. The van der Waals surface area contributed by atoms with Gasteiger partial charge in [-0.3, -0.25) is 0 Å². The molecule has 0 nitrogen and oxygen atoms in total. The normalized spacial score (nSPS) is 24.9. The zero-order valence-electron chi connectivity index (χ0n) is 19.1. The monoisotopic (exact) mass is 414 g/mol. The Morgan fingerprint density at radius 2 is 1.63 bits per heavy atom. The van der Waals surface area contributed by atoms with Gasteiger partial charge in [0, 0.05) is 5.56 Å². The smallest absolute Gasteiger partial charge is 0.166 e. The van der Waals surface area contributed by atoms with E-state index >= 15 is 0 Å². The van der Waals surface area contributed by atoms with Crippen molar-refractivity contribution in [2.45, 2.75) is 103 Å². The molecule has 30 heavy (non-hydrogen) atoms. The minimum absolute atomic E-state index is 0.181. The van der Waals surface area contributed by atoms with Crippen molar-refractivity contribution in [3.8, 4) is 0 Å². The van der Waals surface area contributed by atoms with Crippen LogP contribution in [-0.2, 0) is 0 Å². The van der Waals surface area contributed by atoms with Crippen LogP contribution in [0.5, 0.6) is 0 Å². The van der Waals surface area contributed by atoms with Crippen molar-refractivity contribution in [2.75, 3.05) is 0 Å². The van der Waals surface area contributed by atoms with E-state index in [2.05, 4.69) is 19.9 Å². The van der Waals surface area contributed by atoms with Crippen molar-refractivity contribution in [3.05, 3.63) is 52.6 Å². The maximum Gasteiger partial charge on any atom is 0.166 e. The maximum absolute atomic E-state index is 14.8. The van der Waals surface area contributed by atoms with Gasteiger partial charge in [-0.1, -0.05) is 75.5 Å². The summed E-state index contributed by atoms with van der Waals surface area (Å²) in [4.78, 5) is 0. The molecule has 1 saturated carbocycles. The lowest BCUT2D eigenvalue weighted by atomic mass is 9.77. The van der Waals surface area contributed by atoms with Crippen LogP contribution < -0.4 is 0 Å². The van der Waals surface area contributed by atoms with E-state index in [0.29, 0.717) is 11.1 Å². The second kappa shape index (κ2) is 11.8. The summed E-state index contributed by atoms with van der Waals surface area (Å²) in [6.07, 6.45) is 21.2. The molecule has 0 aromatic heterocycles. The summed E-state index contributed by atoms with van der Waals surface area (Å²) < 4.78 is 29.4. The third-order valence-corrected chi connectivity index (χ3v) is 7.37. The van der Waals surface area contributed by atoms with E-state index in [1.807, 2.05) is 12.1 Å². The quantitative estimate of drug-likeness (QED) is 0.353. The number of rotatable bonds is 9. The van der Waals surface area contributed by atoms with Gasteiger partial charge in [-0.15, -0.1) is 0 Å². The molecule has 1 fully saturated rings. The van der Waals surface area contributed by atoms with Crippen LogP contribution in [0.15, 0.2) is 29.9 Å². The molecule has 2 aliphatic rings. The van der Waals surface area contributed by atoms with Crippen LogP contribution >= 0.6 is 0 Å². The zero-order chi connectivity index (χ0) is 21.3. The highest BCUT2D eigenvalue weighted by molar-refractivity contribution is 5.51. The summed E-state index contributed by atoms with van der Waals surface area (Å²) in [5, 5.41) is 0. The lowest BCUT2D eigenvalue weighted by molar-refractivity contribution is 0.303. The van der Waals surface area contributed by atoms with Crippen molar-refractivity contribution in [2.24, 2.45) is 11.8 Å².